The van der Waals surface area contributed by atoms with Gasteiger partial charge >= 0.3 is 0 Å². The molecule has 0 amide bonds. The van der Waals surface area contributed by atoms with E-state index in [9.17, 15) is 0 Å². The van der Waals surface area contributed by atoms with Crippen molar-refractivity contribution in [1.82, 2.24) is 0 Å². The van der Waals surface area contributed by atoms with E-state index < -0.39 is 0 Å². The summed E-state index contributed by atoms with van der Waals surface area (Å²) in [6.07, 6.45) is 5.30. The molecule has 1 heteroatoms. The Bertz CT molecular complexity index is 146. The molecule has 0 aromatic rings. The van der Waals surface area contributed by atoms with Crippen LogP contribution in [0.4, 0.5) is 0 Å². The van der Waals surface area contributed by atoms with Crippen LogP contribution in [0, 0.1) is 5.41 Å². The van der Waals surface area contributed by atoms with Gasteiger partial charge in [-0.25, -0.2) is 0 Å². The first-order chi connectivity index (χ1) is 6.33. The van der Waals surface area contributed by atoms with Gasteiger partial charge in [-0.3, -0.25) is 0 Å². The lowest BCUT2D eigenvalue weighted by Gasteiger charge is -2.29. The van der Waals surface area contributed by atoms with Gasteiger partial charge in [-0.15, -0.1) is 0 Å². The van der Waals surface area contributed by atoms with Crippen molar-refractivity contribution >= 4 is 11.8 Å². The third-order valence-corrected chi connectivity index (χ3v) is 4.43. The Balaban J connectivity index is 3.84. The van der Waals surface area contributed by atoms with Gasteiger partial charge in [0.2, 0.25) is 0 Å². The standard InChI is InChI=1S/C13H28S/c1-7-9-13(6,8-2)14-11-10-12(3,4)5/h7-11H2,1-6H3. The normalized spacial score (nSPS) is 16.7. The molecule has 0 bridgehead atoms. The molecule has 1 unspecified atom stereocenters. The van der Waals surface area contributed by atoms with Crippen LogP contribution in [0.1, 0.15) is 67.2 Å². The fourth-order valence-corrected chi connectivity index (χ4v) is 3.24. The minimum Gasteiger partial charge on any atom is -0.155 e. The van der Waals surface area contributed by atoms with Gasteiger partial charge in [-0.1, -0.05) is 48.0 Å². The molecule has 0 aliphatic heterocycles. The van der Waals surface area contributed by atoms with Crippen molar-refractivity contribution in [2.75, 3.05) is 5.75 Å². The summed E-state index contributed by atoms with van der Waals surface area (Å²) >= 11 is 2.18. The summed E-state index contributed by atoms with van der Waals surface area (Å²) in [5.74, 6) is 1.31. The Labute approximate surface area is 95.2 Å². The highest BCUT2D eigenvalue weighted by atomic mass is 32.2. The lowest BCUT2D eigenvalue weighted by atomic mass is 9.94. The van der Waals surface area contributed by atoms with Crippen LogP contribution in [0.3, 0.4) is 0 Å². The summed E-state index contributed by atoms with van der Waals surface area (Å²) in [7, 11) is 0. The molecule has 0 heterocycles. The van der Waals surface area contributed by atoms with Crippen molar-refractivity contribution < 1.29 is 0 Å². The predicted molar refractivity (Wildman–Crippen MR) is 70.1 cm³/mol. The average molecular weight is 216 g/mol. The molecule has 14 heavy (non-hydrogen) atoms. The molecule has 0 N–H and O–H groups in total. The van der Waals surface area contributed by atoms with Gasteiger partial charge in [-0.05, 0) is 30.4 Å². The summed E-state index contributed by atoms with van der Waals surface area (Å²) in [5.41, 5.74) is 0.494. The van der Waals surface area contributed by atoms with Crippen molar-refractivity contribution in [1.29, 1.82) is 0 Å². The quantitative estimate of drug-likeness (QED) is 0.593. The Morgan fingerprint density at radius 1 is 0.929 bits per heavy atom. The van der Waals surface area contributed by atoms with E-state index in [1.165, 1.54) is 31.4 Å². The van der Waals surface area contributed by atoms with Crippen molar-refractivity contribution in [3.8, 4) is 0 Å². The zero-order valence-corrected chi connectivity index (χ0v) is 11.8. The molecule has 0 rings (SSSR count). The molecule has 0 aliphatic rings. The highest BCUT2D eigenvalue weighted by Crippen LogP contribution is 2.35. The van der Waals surface area contributed by atoms with E-state index >= 15 is 0 Å². The van der Waals surface area contributed by atoms with Gasteiger partial charge in [0.15, 0.2) is 0 Å². The molecule has 0 aromatic heterocycles. The lowest BCUT2D eigenvalue weighted by molar-refractivity contribution is 0.400. The molecule has 0 saturated carbocycles. The number of hydrogen-bond acceptors (Lipinski definition) is 1. The summed E-state index contributed by atoms with van der Waals surface area (Å²) in [6, 6.07) is 0. The average Bonchev–Trinajstić information content (AvgIpc) is 2.02. The van der Waals surface area contributed by atoms with Gasteiger partial charge < -0.3 is 0 Å². The van der Waals surface area contributed by atoms with Crippen LogP contribution in [0.5, 0.6) is 0 Å². The van der Waals surface area contributed by atoms with E-state index in [0.29, 0.717) is 10.2 Å². The molecular formula is C13H28S. The van der Waals surface area contributed by atoms with Crippen LogP contribution in [-0.2, 0) is 0 Å². The summed E-state index contributed by atoms with van der Waals surface area (Å²) in [6.45, 7) is 14.0. The minimum atomic E-state index is 0.494. The second-order valence-corrected chi connectivity index (χ2v) is 7.40. The first-order valence-corrected chi connectivity index (χ1v) is 6.95. The number of rotatable bonds is 6. The summed E-state index contributed by atoms with van der Waals surface area (Å²) in [4.78, 5) is 0. The first kappa shape index (κ1) is 14.3. The van der Waals surface area contributed by atoms with Crippen LogP contribution in [0.15, 0.2) is 0 Å². The van der Waals surface area contributed by atoms with Gasteiger partial charge in [0, 0.05) is 4.75 Å². The highest BCUT2D eigenvalue weighted by Gasteiger charge is 2.22. The van der Waals surface area contributed by atoms with Crippen LogP contribution in [-0.4, -0.2) is 10.5 Å². The Hall–Kier alpha value is 0.350. The molecule has 0 fully saturated rings. The second kappa shape index (κ2) is 6.05. The zero-order chi connectivity index (χ0) is 11.2. The fraction of sp³-hybridized carbons (Fsp3) is 1.00. The molecule has 0 saturated heterocycles. The summed E-state index contributed by atoms with van der Waals surface area (Å²) in [5, 5.41) is 0. The van der Waals surface area contributed by atoms with Crippen LogP contribution in [0.2, 0.25) is 0 Å². The maximum absolute atomic E-state index is 2.42. The van der Waals surface area contributed by atoms with Crippen LogP contribution in [0.25, 0.3) is 0 Å². The Kier molecular flexibility index (Phi) is 6.20. The van der Waals surface area contributed by atoms with Crippen molar-refractivity contribution in [3.63, 3.8) is 0 Å². The molecular weight excluding hydrogens is 188 g/mol. The molecule has 86 valence electrons. The first-order valence-electron chi connectivity index (χ1n) is 5.97. The van der Waals surface area contributed by atoms with Crippen molar-refractivity contribution in [2.24, 2.45) is 5.41 Å². The topological polar surface area (TPSA) is 0 Å². The molecule has 0 radical (unpaired) electrons. The van der Waals surface area contributed by atoms with E-state index in [4.69, 9.17) is 0 Å². The molecule has 1 atom stereocenters. The van der Waals surface area contributed by atoms with Gasteiger partial charge in [-0.2, -0.15) is 11.8 Å². The largest absolute Gasteiger partial charge is 0.155 e. The molecule has 0 aliphatic carbocycles. The maximum atomic E-state index is 2.42. The van der Waals surface area contributed by atoms with Gasteiger partial charge in [0.25, 0.3) is 0 Å². The number of thioether (sulfide) groups is 1. The van der Waals surface area contributed by atoms with Crippen LogP contribution < -0.4 is 0 Å². The molecule has 0 aromatic carbocycles. The lowest BCUT2D eigenvalue weighted by Crippen LogP contribution is -2.20. The summed E-state index contributed by atoms with van der Waals surface area (Å²) < 4.78 is 0.528. The van der Waals surface area contributed by atoms with E-state index in [2.05, 4.69) is 53.3 Å². The maximum Gasteiger partial charge on any atom is 0.0129 e. The number of hydrogen-bond donors (Lipinski definition) is 0. The van der Waals surface area contributed by atoms with Crippen molar-refractivity contribution in [3.05, 3.63) is 0 Å². The van der Waals surface area contributed by atoms with E-state index in [1.54, 1.807) is 0 Å². The second-order valence-electron chi connectivity index (χ2n) is 5.71. The zero-order valence-electron chi connectivity index (χ0n) is 10.9. The highest BCUT2D eigenvalue weighted by molar-refractivity contribution is 8.00. The molecule has 0 nitrogen and oxygen atoms in total. The minimum absolute atomic E-state index is 0.494. The van der Waals surface area contributed by atoms with E-state index in [-0.39, 0.29) is 0 Å². The fourth-order valence-electron chi connectivity index (χ4n) is 1.48. The Morgan fingerprint density at radius 3 is 1.86 bits per heavy atom. The monoisotopic (exact) mass is 216 g/mol. The van der Waals surface area contributed by atoms with Gasteiger partial charge in [0.05, 0.1) is 0 Å². The SMILES string of the molecule is CCCC(C)(CC)SCCC(C)(C)C. The van der Waals surface area contributed by atoms with E-state index in [0.717, 1.165) is 0 Å². The van der Waals surface area contributed by atoms with Crippen LogP contribution >= 0.6 is 11.8 Å². The Morgan fingerprint density at radius 2 is 1.50 bits per heavy atom. The third kappa shape index (κ3) is 6.75. The smallest absolute Gasteiger partial charge is 0.0129 e. The molecule has 0 spiro atoms. The predicted octanol–water partition coefficient (Wildman–Crippen LogP) is 5.12. The van der Waals surface area contributed by atoms with Crippen molar-refractivity contribution in [2.45, 2.75) is 72.0 Å². The van der Waals surface area contributed by atoms with E-state index in [1.807, 2.05) is 0 Å². The third-order valence-electron chi connectivity index (χ3n) is 2.83. The van der Waals surface area contributed by atoms with Gasteiger partial charge in [0.1, 0.15) is 0 Å².